The molecule has 8 nitrogen and oxygen atoms in total. The van der Waals surface area contributed by atoms with Gasteiger partial charge in [0.2, 0.25) is 5.91 Å². The summed E-state index contributed by atoms with van der Waals surface area (Å²) < 4.78 is 40.5. The van der Waals surface area contributed by atoms with Gasteiger partial charge in [0.15, 0.2) is 17.3 Å². The monoisotopic (exact) mass is 469 g/mol. The fraction of sp³-hybridized carbons (Fsp3) is 0.167. The topological polar surface area (TPSA) is 94.7 Å². The van der Waals surface area contributed by atoms with Gasteiger partial charge in [-0.3, -0.25) is 13.9 Å². The van der Waals surface area contributed by atoms with Crippen molar-refractivity contribution >= 4 is 22.6 Å². The zero-order valence-electron chi connectivity index (χ0n) is 18.6. The summed E-state index contributed by atoms with van der Waals surface area (Å²) in [6.45, 7) is -0.326. The number of rotatable bonds is 6. The van der Waals surface area contributed by atoms with Gasteiger partial charge in [0, 0.05) is 24.4 Å². The van der Waals surface area contributed by atoms with Crippen molar-refractivity contribution in [1.29, 1.82) is 0 Å². The summed E-state index contributed by atoms with van der Waals surface area (Å²) >= 11 is 0. The molecule has 3 aromatic carbocycles. The molecule has 1 aromatic heterocycles. The average molecular weight is 469 g/mol. The lowest BCUT2D eigenvalue weighted by Gasteiger charge is -2.12. The molecule has 0 bridgehead atoms. The molecule has 1 amide bonds. The number of hydrogen-bond donors (Lipinski definition) is 2. The van der Waals surface area contributed by atoms with Gasteiger partial charge in [-0.15, -0.1) is 0 Å². The number of aromatic hydroxyl groups is 1. The van der Waals surface area contributed by atoms with E-state index in [0.717, 1.165) is 6.07 Å². The number of nitrogens with one attached hydrogen (secondary N) is 1. The van der Waals surface area contributed by atoms with Crippen LogP contribution in [-0.2, 0) is 18.4 Å². The molecule has 0 aliphatic heterocycles. The second kappa shape index (κ2) is 8.89. The molecule has 0 saturated carbocycles. The van der Waals surface area contributed by atoms with Gasteiger partial charge in [-0.2, -0.15) is 0 Å². The maximum Gasteiger partial charge on any atom is 0.329 e. The van der Waals surface area contributed by atoms with E-state index in [1.165, 1.54) is 60.7 Å². The van der Waals surface area contributed by atoms with E-state index in [1.807, 2.05) is 0 Å². The number of methoxy groups -OCH3 is 2. The molecule has 176 valence electrons. The molecule has 4 aromatic rings. The predicted molar refractivity (Wildman–Crippen MR) is 122 cm³/mol. The van der Waals surface area contributed by atoms with Crippen LogP contribution in [0.2, 0.25) is 0 Å². The fourth-order valence-electron chi connectivity index (χ4n) is 3.78. The first kappa shape index (κ1) is 22.8. The van der Waals surface area contributed by atoms with Crippen LogP contribution < -0.4 is 20.5 Å². The fourth-order valence-corrected chi connectivity index (χ4v) is 3.78. The molecule has 0 radical (unpaired) electrons. The third kappa shape index (κ3) is 4.05. The summed E-state index contributed by atoms with van der Waals surface area (Å²) in [7, 11) is 4.27. The lowest BCUT2D eigenvalue weighted by molar-refractivity contribution is -0.116. The maximum absolute atomic E-state index is 14.4. The first-order valence-electron chi connectivity index (χ1n) is 10.1. The second-order valence-corrected chi connectivity index (χ2v) is 7.53. The van der Waals surface area contributed by atoms with Crippen LogP contribution in [0.5, 0.6) is 17.2 Å². The van der Waals surface area contributed by atoms with Crippen LogP contribution in [0.25, 0.3) is 22.2 Å². The number of halogens is 2. The molecule has 0 aliphatic rings. The molecule has 0 atom stereocenters. The number of phenolic OH excluding ortho intramolecular Hbond substituents is 1. The number of amides is 1. The summed E-state index contributed by atoms with van der Waals surface area (Å²) in [5, 5.41) is 12.5. The maximum atomic E-state index is 14.4. The number of hydrogen-bond acceptors (Lipinski definition) is 5. The molecule has 4 rings (SSSR count). The lowest BCUT2D eigenvalue weighted by Crippen LogP contribution is -2.28. The van der Waals surface area contributed by atoms with E-state index in [-0.39, 0.29) is 12.3 Å². The number of fused-ring (bicyclic) bond motifs is 1. The number of aryl methyl sites for hydroxylation is 1. The Labute approximate surface area is 192 Å². The smallest absolute Gasteiger partial charge is 0.329 e. The average Bonchev–Trinajstić information content (AvgIpc) is 3.06. The van der Waals surface area contributed by atoms with Crippen molar-refractivity contribution in [2.75, 3.05) is 19.5 Å². The highest BCUT2D eigenvalue weighted by atomic mass is 19.1. The number of nitrogens with zero attached hydrogens (tertiary/aromatic N) is 2. The number of aromatic nitrogens is 2. The quantitative estimate of drug-likeness (QED) is 0.450. The minimum absolute atomic E-state index is 0.0749. The lowest BCUT2D eigenvalue weighted by atomic mass is 10.0. The minimum Gasteiger partial charge on any atom is -0.502 e. The van der Waals surface area contributed by atoms with Gasteiger partial charge in [0.25, 0.3) is 0 Å². The van der Waals surface area contributed by atoms with Crippen LogP contribution in [-0.4, -0.2) is 34.4 Å². The van der Waals surface area contributed by atoms with Crippen LogP contribution in [0.4, 0.5) is 14.5 Å². The van der Waals surface area contributed by atoms with E-state index >= 15 is 0 Å². The number of phenols is 1. The van der Waals surface area contributed by atoms with Crippen LogP contribution in [0.3, 0.4) is 0 Å². The van der Waals surface area contributed by atoms with Gasteiger partial charge in [0.1, 0.15) is 18.1 Å². The highest BCUT2D eigenvalue weighted by molar-refractivity contribution is 5.96. The SMILES string of the molecule is COc1cc(-c2cc(F)c(O)c(OC)c2)c2c(c1)n(CC(=O)Nc1ccc(F)cc1)c(=O)n2C. The Morgan fingerprint density at radius 3 is 2.41 bits per heavy atom. The van der Waals surface area contributed by atoms with E-state index in [9.17, 15) is 23.5 Å². The standard InChI is InChI=1S/C24H21F2N3O5/c1-28-22-17(13-8-18(26)23(31)20(9-13)34-3)10-16(33-2)11-19(22)29(24(28)32)12-21(30)27-15-6-4-14(25)5-7-15/h4-11,31H,12H2,1-3H3,(H,27,30). The first-order valence-corrected chi connectivity index (χ1v) is 10.1. The summed E-state index contributed by atoms with van der Waals surface area (Å²) in [5.41, 5.74) is 1.47. The summed E-state index contributed by atoms with van der Waals surface area (Å²) in [6, 6.07) is 11.0. The Morgan fingerprint density at radius 1 is 1.06 bits per heavy atom. The van der Waals surface area contributed by atoms with Crippen molar-refractivity contribution in [2.24, 2.45) is 7.05 Å². The van der Waals surface area contributed by atoms with E-state index in [2.05, 4.69) is 5.32 Å². The van der Waals surface area contributed by atoms with E-state index in [0.29, 0.717) is 33.6 Å². The van der Waals surface area contributed by atoms with Gasteiger partial charge in [-0.05, 0) is 48.0 Å². The molecule has 0 unspecified atom stereocenters. The van der Waals surface area contributed by atoms with Gasteiger partial charge in [-0.25, -0.2) is 13.6 Å². The van der Waals surface area contributed by atoms with E-state index in [4.69, 9.17) is 9.47 Å². The molecule has 0 fully saturated rings. The molecule has 2 N–H and O–H groups in total. The molecule has 0 aliphatic carbocycles. The van der Waals surface area contributed by atoms with Crippen molar-refractivity contribution in [3.63, 3.8) is 0 Å². The number of carbonyl (C=O) groups is 1. The number of benzene rings is 3. The highest BCUT2D eigenvalue weighted by Gasteiger charge is 2.21. The van der Waals surface area contributed by atoms with Crippen molar-refractivity contribution in [3.8, 4) is 28.4 Å². The van der Waals surface area contributed by atoms with E-state index < -0.39 is 29.0 Å². The molecule has 1 heterocycles. The molecule has 34 heavy (non-hydrogen) atoms. The normalized spacial score (nSPS) is 11.0. The van der Waals surface area contributed by atoms with Gasteiger partial charge in [-0.1, -0.05) is 0 Å². The van der Waals surface area contributed by atoms with Crippen molar-refractivity contribution in [3.05, 3.63) is 70.6 Å². The number of anilines is 1. The van der Waals surface area contributed by atoms with Crippen molar-refractivity contribution in [1.82, 2.24) is 9.13 Å². The number of ether oxygens (including phenoxy) is 2. The van der Waals surface area contributed by atoms with Crippen LogP contribution in [0.15, 0.2) is 53.3 Å². The summed E-state index contributed by atoms with van der Waals surface area (Å²) in [5.74, 6) is -2.17. The Kier molecular flexibility index (Phi) is 5.97. The Hall–Kier alpha value is -4.34. The first-order chi connectivity index (χ1) is 16.2. The highest BCUT2D eigenvalue weighted by Crippen LogP contribution is 2.38. The molecular formula is C24H21F2N3O5. The van der Waals surface area contributed by atoms with Crippen molar-refractivity contribution < 1.29 is 28.2 Å². The largest absolute Gasteiger partial charge is 0.502 e. The molecule has 10 heteroatoms. The van der Waals surface area contributed by atoms with Crippen LogP contribution >= 0.6 is 0 Å². The summed E-state index contributed by atoms with van der Waals surface area (Å²) in [4.78, 5) is 25.7. The molecule has 0 saturated heterocycles. The zero-order valence-corrected chi connectivity index (χ0v) is 18.6. The Morgan fingerprint density at radius 2 is 1.76 bits per heavy atom. The zero-order chi connectivity index (χ0) is 24.6. The minimum atomic E-state index is -0.895. The van der Waals surface area contributed by atoms with Crippen LogP contribution in [0.1, 0.15) is 0 Å². The Balaban J connectivity index is 1.84. The third-order valence-electron chi connectivity index (χ3n) is 5.43. The number of imidazole rings is 1. The van der Waals surface area contributed by atoms with E-state index in [1.54, 1.807) is 12.1 Å². The predicted octanol–water partition coefficient (Wildman–Crippen LogP) is 3.65. The number of carbonyl (C=O) groups excluding carboxylic acids is 1. The Bertz CT molecular complexity index is 1460. The second-order valence-electron chi connectivity index (χ2n) is 7.53. The third-order valence-corrected chi connectivity index (χ3v) is 5.43. The summed E-state index contributed by atoms with van der Waals surface area (Å²) in [6.07, 6.45) is 0. The molecular weight excluding hydrogens is 448 g/mol. The van der Waals surface area contributed by atoms with Gasteiger partial charge < -0.3 is 19.9 Å². The van der Waals surface area contributed by atoms with Crippen LogP contribution in [0, 0.1) is 11.6 Å². The van der Waals surface area contributed by atoms with Gasteiger partial charge in [0.05, 0.1) is 25.3 Å². The van der Waals surface area contributed by atoms with Crippen molar-refractivity contribution in [2.45, 2.75) is 6.54 Å². The van der Waals surface area contributed by atoms with Gasteiger partial charge >= 0.3 is 5.69 Å². The molecule has 0 spiro atoms.